The Hall–Kier alpha value is -5.49. The van der Waals surface area contributed by atoms with Gasteiger partial charge in [-0.1, -0.05) is 35.9 Å². The summed E-state index contributed by atoms with van der Waals surface area (Å²) in [7, 11) is 4.56. The number of methoxy groups -OCH3 is 3. The molecular formula is C32H31ClN8O4. The van der Waals surface area contributed by atoms with Gasteiger partial charge in [-0.3, -0.25) is 5.32 Å². The van der Waals surface area contributed by atoms with E-state index in [9.17, 15) is 4.79 Å². The summed E-state index contributed by atoms with van der Waals surface area (Å²) >= 11 is 6.40. The molecule has 0 aliphatic heterocycles. The van der Waals surface area contributed by atoms with E-state index in [1.807, 2.05) is 55.5 Å². The summed E-state index contributed by atoms with van der Waals surface area (Å²) in [5.74, 6) is 3.74. The van der Waals surface area contributed by atoms with Crippen molar-refractivity contribution in [2.75, 3.05) is 36.9 Å². The summed E-state index contributed by atoms with van der Waals surface area (Å²) < 4.78 is 15.3. The van der Waals surface area contributed by atoms with Gasteiger partial charge < -0.3 is 24.4 Å². The number of aromatic nitrogens is 5. The van der Waals surface area contributed by atoms with E-state index >= 15 is 0 Å². The Morgan fingerprint density at radius 2 is 1.47 bits per heavy atom. The van der Waals surface area contributed by atoms with Crippen molar-refractivity contribution in [1.82, 2.24) is 24.9 Å². The van der Waals surface area contributed by atoms with Crippen LogP contribution in [0.5, 0.6) is 11.5 Å². The molecule has 0 fully saturated rings. The molecule has 13 heteroatoms. The number of pyridine rings is 2. The summed E-state index contributed by atoms with van der Waals surface area (Å²) in [5, 5.41) is 6.18. The van der Waals surface area contributed by atoms with Gasteiger partial charge in [0.1, 0.15) is 29.0 Å². The number of aryl methyl sites for hydroxylation is 1. The van der Waals surface area contributed by atoms with Gasteiger partial charge >= 0.3 is 6.09 Å². The lowest BCUT2D eigenvalue weighted by molar-refractivity contribution is 0.187. The number of nitrogens with zero attached hydrogens (tertiary/aromatic N) is 6. The maximum atomic E-state index is 11.5. The summed E-state index contributed by atoms with van der Waals surface area (Å²) in [6.07, 6.45) is 2.47. The molecule has 3 aromatic heterocycles. The molecule has 0 spiro atoms. The number of rotatable bonds is 11. The molecule has 5 aromatic rings. The molecule has 2 N–H and O–H groups in total. The zero-order valence-electron chi connectivity index (χ0n) is 25.1. The SMILES string of the molecule is COC(=O)Nc1ccc(Nc2ncc(Cl)cc2-c2nc(C)nc(N(Cc3ccc(OC)cc3)Cc3ccc(OC)cc3)n2)cn1. The number of ether oxygens (including phenoxy) is 3. The Bertz CT molecular complexity index is 1700. The van der Waals surface area contributed by atoms with E-state index in [1.165, 1.54) is 13.3 Å². The average Bonchev–Trinajstić information content (AvgIpc) is 3.06. The van der Waals surface area contributed by atoms with E-state index < -0.39 is 6.09 Å². The lowest BCUT2D eigenvalue weighted by Gasteiger charge is -2.24. The molecule has 45 heavy (non-hydrogen) atoms. The maximum Gasteiger partial charge on any atom is 0.412 e. The first-order valence-electron chi connectivity index (χ1n) is 13.8. The van der Waals surface area contributed by atoms with Crippen molar-refractivity contribution < 1.29 is 19.0 Å². The molecule has 3 heterocycles. The number of benzene rings is 2. The van der Waals surface area contributed by atoms with Gasteiger partial charge in [-0.15, -0.1) is 0 Å². The molecule has 0 bridgehead atoms. The van der Waals surface area contributed by atoms with E-state index in [2.05, 4.69) is 35.2 Å². The third-order valence-corrected chi connectivity index (χ3v) is 6.83. The molecule has 0 atom stereocenters. The molecule has 0 radical (unpaired) electrons. The molecule has 0 saturated carbocycles. The number of nitrogens with one attached hydrogen (secondary N) is 2. The van der Waals surface area contributed by atoms with Gasteiger partial charge in [0, 0.05) is 19.3 Å². The minimum absolute atomic E-state index is 0.336. The van der Waals surface area contributed by atoms with Crippen molar-refractivity contribution in [3.63, 3.8) is 0 Å². The molecule has 2 aromatic carbocycles. The highest BCUT2D eigenvalue weighted by atomic mass is 35.5. The topological polar surface area (TPSA) is 137 Å². The van der Waals surface area contributed by atoms with Crippen LogP contribution in [0, 0.1) is 6.92 Å². The number of carbonyl (C=O) groups is 1. The third-order valence-electron chi connectivity index (χ3n) is 6.62. The zero-order chi connectivity index (χ0) is 31.8. The quantitative estimate of drug-likeness (QED) is 0.168. The second-order valence-corrected chi connectivity index (χ2v) is 10.2. The van der Waals surface area contributed by atoms with Crippen molar-refractivity contribution in [1.29, 1.82) is 0 Å². The summed E-state index contributed by atoms with van der Waals surface area (Å²) in [4.78, 5) is 36.6. The van der Waals surface area contributed by atoms with Crippen LogP contribution in [0.4, 0.5) is 28.1 Å². The van der Waals surface area contributed by atoms with Gasteiger partial charge in [-0.25, -0.2) is 19.7 Å². The molecule has 5 rings (SSSR count). The van der Waals surface area contributed by atoms with Crippen molar-refractivity contribution in [3.05, 3.63) is 101 Å². The van der Waals surface area contributed by atoms with Crippen LogP contribution in [-0.2, 0) is 17.8 Å². The first kappa shape index (κ1) is 31.0. The first-order chi connectivity index (χ1) is 21.8. The number of anilines is 4. The predicted octanol–water partition coefficient (Wildman–Crippen LogP) is 6.44. The van der Waals surface area contributed by atoms with E-state index in [1.54, 1.807) is 38.6 Å². The monoisotopic (exact) mass is 626 g/mol. The van der Waals surface area contributed by atoms with Crippen LogP contribution >= 0.6 is 11.6 Å². The molecular weight excluding hydrogens is 596 g/mol. The van der Waals surface area contributed by atoms with Gasteiger partial charge in [0.2, 0.25) is 5.95 Å². The Morgan fingerprint density at radius 3 is 2.02 bits per heavy atom. The number of halogens is 1. The van der Waals surface area contributed by atoms with E-state index in [-0.39, 0.29) is 0 Å². The van der Waals surface area contributed by atoms with Crippen LogP contribution in [0.1, 0.15) is 17.0 Å². The zero-order valence-corrected chi connectivity index (χ0v) is 25.9. The van der Waals surface area contributed by atoms with Crippen LogP contribution in [0.25, 0.3) is 11.4 Å². The largest absolute Gasteiger partial charge is 0.497 e. The Labute approximate surface area is 265 Å². The standard InChI is InChI=1S/C32H31ClN8O4/c1-20-36-30(27-15-23(33)16-35-29(27)38-24-9-14-28(34-17-24)39-32(42)45-4)40-31(37-20)41(18-21-5-10-25(43-2)11-6-21)19-22-7-12-26(44-3)13-8-22/h5-17H,18-19H2,1-4H3,(H,35,38)(H,34,39,42). The summed E-state index contributed by atoms with van der Waals surface area (Å²) in [6, 6.07) is 20.9. The van der Waals surface area contributed by atoms with Crippen LogP contribution < -0.4 is 25.0 Å². The fourth-order valence-corrected chi connectivity index (χ4v) is 4.53. The lowest BCUT2D eigenvalue weighted by atomic mass is 10.1. The fourth-order valence-electron chi connectivity index (χ4n) is 4.37. The number of amides is 1. The fraction of sp³-hybridized carbons (Fsp3) is 0.188. The minimum atomic E-state index is -0.612. The van der Waals surface area contributed by atoms with Crippen LogP contribution in [0.3, 0.4) is 0 Å². The Morgan fingerprint density at radius 1 is 0.822 bits per heavy atom. The number of hydrogen-bond donors (Lipinski definition) is 2. The van der Waals surface area contributed by atoms with E-state index in [0.717, 1.165) is 22.6 Å². The highest BCUT2D eigenvalue weighted by Gasteiger charge is 2.18. The molecule has 0 saturated heterocycles. The third kappa shape index (κ3) is 8.12. The second-order valence-electron chi connectivity index (χ2n) is 9.78. The normalized spacial score (nSPS) is 10.6. The molecule has 0 unspecified atom stereocenters. The molecule has 1 amide bonds. The van der Waals surface area contributed by atoms with Gasteiger partial charge in [0.25, 0.3) is 0 Å². The van der Waals surface area contributed by atoms with Gasteiger partial charge in [-0.05, 0) is 60.5 Å². The number of carbonyl (C=O) groups excluding carboxylic acids is 1. The van der Waals surface area contributed by atoms with Crippen molar-refractivity contribution >= 4 is 41.0 Å². The summed E-state index contributed by atoms with van der Waals surface area (Å²) in [6.45, 7) is 2.86. The highest BCUT2D eigenvalue weighted by molar-refractivity contribution is 6.30. The van der Waals surface area contributed by atoms with Crippen molar-refractivity contribution in [2.45, 2.75) is 20.0 Å². The maximum absolute atomic E-state index is 11.5. The molecule has 0 aliphatic rings. The summed E-state index contributed by atoms with van der Waals surface area (Å²) in [5.41, 5.74) is 3.29. The number of hydrogen-bond acceptors (Lipinski definition) is 11. The van der Waals surface area contributed by atoms with Crippen molar-refractivity contribution in [2.24, 2.45) is 0 Å². The Kier molecular flexibility index (Phi) is 9.85. The predicted molar refractivity (Wildman–Crippen MR) is 172 cm³/mol. The molecule has 12 nitrogen and oxygen atoms in total. The van der Waals surface area contributed by atoms with Crippen LogP contribution in [0.2, 0.25) is 5.02 Å². The average molecular weight is 627 g/mol. The minimum Gasteiger partial charge on any atom is -0.497 e. The molecule has 230 valence electrons. The molecule has 0 aliphatic carbocycles. The second kappa shape index (κ2) is 14.3. The van der Waals surface area contributed by atoms with Gasteiger partial charge in [-0.2, -0.15) is 9.97 Å². The smallest absolute Gasteiger partial charge is 0.412 e. The van der Waals surface area contributed by atoms with E-state index in [0.29, 0.717) is 58.6 Å². The van der Waals surface area contributed by atoms with Gasteiger partial charge in [0.05, 0.1) is 43.8 Å². The van der Waals surface area contributed by atoms with Gasteiger partial charge in [0.15, 0.2) is 5.82 Å². The van der Waals surface area contributed by atoms with Crippen molar-refractivity contribution in [3.8, 4) is 22.9 Å². The Balaban J connectivity index is 1.49. The van der Waals surface area contributed by atoms with E-state index in [4.69, 9.17) is 31.0 Å². The van der Waals surface area contributed by atoms with Crippen LogP contribution in [-0.4, -0.2) is 52.3 Å². The highest BCUT2D eigenvalue weighted by Crippen LogP contribution is 2.30. The van der Waals surface area contributed by atoms with Crippen LogP contribution in [0.15, 0.2) is 79.1 Å². The first-order valence-corrected chi connectivity index (χ1v) is 14.2. The lowest BCUT2D eigenvalue weighted by Crippen LogP contribution is -2.25.